The van der Waals surface area contributed by atoms with E-state index in [1.54, 1.807) is 4.90 Å². The quantitative estimate of drug-likeness (QED) is 0.514. The van der Waals surface area contributed by atoms with Gasteiger partial charge < -0.3 is 15.3 Å². The Morgan fingerprint density at radius 1 is 1.50 bits per heavy atom. The Morgan fingerprint density at radius 3 is 2.69 bits per heavy atom. The summed E-state index contributed by atoms with van der Waals surface area (Å²) < 4.78 is 0. The minimum Gasteiger partial charge on any atom is -0.481 e. The fourth-order valence-corrected chi connectivity index (χ4v) is 1.40. The van der Waals surface area contributed by atoms with Gasteiger partial charge in [-0.05, 0) is 12.8 Å². The van der Waals surface area contributed by atoms with Crippen molar-refractivity contribution >= 4 is 12.0 Å². The number of nitrogens with zero attached hydrogens (tertiary/aromatic N) is 1. The lowest BCUT2D eigenvalue weighted by Crippen LogP contribution is -2.42. The first-order valence-electron chi connectivity index (χ1n) is 5.35. The Bertz CT molecular complexity index is 305. The molecule has 0 aliphatic heterocycles. The molecule has 0 aromatic carbocycles. The lowest BCUT2D eigenvalue weighted by atomic mass is 10.3. The van der Waals surface area contributed by atoms with Gasteiger partial charge in [-0.25, -0.2) is 4.79 Å². The van der Waals surface area contributed by atoms with Crippen molar-refractivity contribution in [2.75, 3.05) is 13.1 Å². The van der Waals surface area contributed by atoms with Gasteiger partial charge >= 0.3 is 12.0 Å². The number of hydrogen-bond acceptors (Lipinski definition) is 2. The van der Waals surface area contributed by atoms with Crippen LogP contribution in [-0.2, 0) is 4.79 Å². The highest BCUT2D eigenvalue weighted by atomic mass is 16.4. The molecule has 0 spiro atoms. The number of urea groups is 1. The number of hydrogen-bond donors (Lipinski definition) is 2. The molecule has 0 aromatic heterocycles. The summed E-state index contributed by atoms with van der Waals surface area (Å²) in [6.07, 6.45) is 7.46. The molecule has 1 aliphatic carbocycles. The summed E-state index contributed by atoms with van der Waals surface area (Å²) in [7, 11) is 0. The Labute approximate surface area is 94.8 Å². The van der Waals surface area contributed by atoms with E-state index in [0.717, 1.165) is 12.8 Å². The highest BCUT2D eigenvalue weighted by Crippen LogP contribution is 2.26. The number of carbonyl (C=O) groups is 2. The summed E-state index contributed by atoms with van der Waals surface area (Å²) in [5.41, 5.74) is 0. The van der Waals surface area contributed by atoms with Crippen LogP contribution in [0.25, 0.3) is 0 Å². The van der Waals surface area contributed by atoms with Gasteiger partial charge in [-0.1, -0.05) is 0 Å². The normalized spacial score (nSPS) is 13.9. The van der Waals surface area contributed by atoms with Gasteiger partial charge in [-0.15, -0.1) is 12.3 Å². The number of carbonyl (C=O) groups excluding carboxylic acids is 1. The average molecular weight is 224 g/mol. The number of carboxylic acid groups (broad SMARTS) is 1. The number of carboxylic acids is 1. The van der Waals surface area contributed by atoms with Crippen molar-refractivity contribution in [3.8, 4) is 12.3 Å². The SMILES string of the molecule is C#CCCNC(=O)N(CCC(=O)O)C1CC1. The van der Waals surface area contributed by atoms with E-state index in [4.69, 9.17) is 11.5 Å². The van der Waals surface area contributed by atoms with Gasteiger partial charge in [-0.2, -0.15) is 0 Å². The predicted molar refractivity (Wildman–Crippen MR) is 58.8 cm³/mol. The molecule has 0 bridgehead atoms. The molecule has 5 heteroatoms. The van der Waals surface area contributed by atoms with E-state index < -0.39 is 5.97 Å². The van der Waals surface area contributed by atoms with Crippen molar-refractivity contribution in [3.63, 3.8) is 0 Å². The Kier molecular flexibility index (Phi) is 4.65. The lowest BCUT2D eigenvalue weighted by Gasteiger charge is -2.21. The monoisotopic (exact) mass is 224 g/mol. The van der Waals surface area contributed by atoms with E-state index in [1.165, 1.54) is 0 Å². The van der Waals surface area contributed by atoms with E-state index in [-0.39, 0.29) is 25.0 Å². The molecule has 1 aliphatic rings. The van der Waals surface area contributed by atoms with Crippen molar-refractivity contribution in [2.24, 2.45) is 0 Å². The van der Waals surface area contributed by atoms with Crippen LogP contribution in [0.5, 0.6) is 0 Å². The van der Waals surface area contributed by atoms with Crippen LogP contribution >= 0.6 is 0 Å². The first-order chi connectivity index (χ1) is 7.65. The number of aliphatic carboxylic acids is 1. The summed E-state index contributed by atoms with van der Waals surface area (Å²) in [5, 5.41) is 11.3. The molecule has 16 heavy (non-hydrogen) atoms. The summed E-state index contributed by atoms with van der Waals surface area (Å²) >= 11 is 0. The molecule has 0 atom stereocenters. The molecule has 1 rings (SSSR count). The molecule has 0 aromatic rings. The molecule has 2 N–H and O–H groups in total. The van der Waals surface area contributed by atoms with Crippen molar-refractivity contribution < 1.29 is 14.7 Å². The van der Waals surface area contributed by atoms with Gasteiger partial charge in [0.05, 0.1) is 6.42 Å². The third-order valence-electron chi connectivity index (χ3n) is 2.36. The van der Waals surface area contributed by atoms with Crippen molar-refractivity contribution in [3.05, 3.63) is 0 Å². The number of amides is 2. The molecular weight excluding hydrogens is 208 g/mol. The minimum absolute atomic E-state index is 0.0148. The van der Waals surface area contributed by atoms with Crippen LogP contribution in [0.15, 0.2) is 0 Å². The average Bonchev–Trinajstić information content (AvgIpc) is 3.02. The van der Waals surface area contributed by atoms with Crippen LogP contribution in [-0.4, -0.2) is 41.1 Å². The van der Waals surface area contributed by atoms with Crippen LogP contribution in [0.1, 0.15) is 25.7 Å². The third kappa shape index (κ3) is 4.22. The zero-order valence-corrected chi connectivity index (χ0v) is 9.11. The fraction of sp³-hybridized carbons (Fsp3) is 0.636. The first-order valence-corrected chi connectivity index (χ1v) is 5.35. The van der Waals surface area contributed by atoms with Gasteiger partial charge in [0, 0.05) is 25.6 Å². The van der Waals surface area contributed by atoms with E-state index >= 15 is 0 Å². The molecular formula is C11H16N2O3. The Morgan fingerprint density at radius 2 is 2.19 bits per heavy atom. The molecule has 1 saturated carbocycles. The predicted octanol–water partition coefficient (Wildman–Crippen LogP) is 0.658. The zero-order chi connectivity index (χ0) is 12.0. The minimum atomic E-state index is -0.887. The largest absolute Gasteiger partial charge is 0.481 e. The number of terminal acetylenes is 1. The van der Waals surface area contributed by atoms with E-state index in [9.17, 15) is 9.59 Å². The maximum absolute atomic E-state index is 11.7. The fourth-order valence-electron chi connectivity index (χ4n) is 1.40. The lowest BCUT2D eigenvalue weighted by molar-refractivity contribution is -0.137. The van der Waals surface area contributed by atoms with Crippen LogP contribution in [0.3, 0.4) is 0 Å². The van der Waals surface area contributed by atoms with Crippen LogP contribution in [0.4, 0.5) is 4.79 Å². The molecule has 0 heterocycles. The topological polar surface area (TPSA) is 69.6 Å². The second kappa shape index (κ2) is 6.01. The molecule has 2 amide bonds. The second-order valence-electron chi connectivity index (χ2n) is 3.75. The van der Waals surface area contributed by atoms with Gasteiger partial charge in [0.1, 0.15) is 0 Å². The van der Waals surface area contributed by atoms with Gasteiger partial charge in [-0.3, -0.25) is 4.79 Å². The second-order valence-corrected chi connectivity index (χ2v) is 3.75. The van der Waals surface area contributed by atoms with E-state index in [2.05, 4.69) is 11.2 Å². The van der Waals surface area contributed by atoms with Crippen LogP contribution < -0.4 is 5.32 Å². The first kappa shape index (κ1) is 12.4. The molecule has 0 unspecified atom stereocenters. The van der Waals surface area contributed by atoms with Crippen LogP contribution in [0, 0.1) is 12.3 Å². The number of nitrogens with one attached hydrogen (secondary N) is 1. The van der Waals surface area contributed by atoms with Crippen LogP contribution in [0.2, 0.25) is 0 Å². The Balaban J connectivity index is 2.34. The summed E-state index contributed by atoms with van der Waals surface area (Å²) in [6.45, 7) is 0.702. The van der Waals surface area contributed by atoms with Crippen molar-refractivity contribution in [2.45, 2.75) is 31.7 Å². The summed E-state index contributed by atoms with van der Waals surface area (Å²) in [4.78, 5) is 23.7. The van der Waals surface area contributed by atoms with Gasteiger partial charge in [0.2, 0.25) is 0 Å². The maximum atomic E-state index is 11.7. The van der Waals surface area contributed by atoms with Crippen molar-refractivity contribution in [1.29, 1.82) is 0 Å². The molecule has 0 radical (unpaired) electrons. The molecule has 1 fully saturated rings. The summed E-state index contributed by atoms with van der Waals surface area (Å²) in [5.74, 6) is 1.54. The standard InChI is InChI=1S/C11H16N2O3/c1-2-3-7-12-11(16)13(9-4-5-9)8-6-10(14)15/h1,9H,3-8H2,(H,12,16)(H,14,15). The smallest absolute Gasteiger partial charge is 0.317 e. The highest BCUT2D eigenvalue weighted by Gasteiger charge is 2.32. The molecule has 5 nitrogen and oxygen atoms in total. The van der Waals surface area contributed by atoms with E-state index in [0.29, 0.717) is 13.0 Å². The molecule has 88 valence electrons. The highest BCUT2D eigenvalue weighted by molar-refractivity contribution is 5.76. The maximum Gasteiger partial charge on any atom is 0.317 e. The van der Waals surface area contributed by atoms with Gasteiger partial charge in [0.15, 0.2) is 0 Å². The Hall–Kier alpha value is -1.70. The number of rotatable bonds is 6. The zero-order valence-electron chi connectivity index (χ0n) is 9.11. The van der Waals surface area contributed by atoms with E-state index in [1.807, 2.05) is 0 Å². The summed E-state index contributed by atoms with van der Waals surface area (Å²) in [6, 6.07) is 0.00388. The molecule has 0 saturated heterocycles. The third-order valence-corrected chi connectivity index (χ3v) is 2.36. The van der Waals surface area contributed by atoms with Gasteiger partial charge in [0.25, 0.3) is 0 Å². The van der Waals surface area contributed by atoms with Crippen molar-refractivity contribution in [1.82, 2.24) is 10.2 Å².